The summed E-state index contributed by atoms with van der Waals surface area (Å²) in [5.41, 5.74) is 2.42. The quantitative estimate of drug-likeness (QED) is 0.490. The minimum atomic E-state index is -0.808. The molecule has 0 aromatic heterocycles. The molecule has 1 heterocycles. The van der Waals surface area contributed by atoms with Crippen LogP contribution in [-0.2, 0) is 16.1 Å². The summed E-state index contributed by atoms with van der Waals surface area (Å²) in [6.07, 6.45) is -1.19. The Labute approximate surface area is 194 Å². The van der Waals surface area contributed by atoms with Crippen LogP contribution in [0.3, 0.4) is 0 Å². The van der Waals surface area contributed by atoms with E-state index < -0.39 is 23.8 Å². The van der Waals surface area contributed by atoms with Crippen molar-refractivity contribution in [2.45, 2.75) is 38.3 Å². The van der Waals surface area contributed by atoms with Crippen molar-refractivity contribution in [3.63, 3.8) is 0 Å². The van der Waals surface area contributed by atoms with Crippen LogP contribution in [-0.4, -0.2) is 31.8 Å². The van der Waals surface area contributed by atoms with Crippen LogP contribution in [0.4, 0.5) is 5.69 Å². The third-order valence-electron chi connectivity index (χ3n) is 5.77. The number of carbonyl (C=O) groups excluding carboxylic acids is 1. The summed E-state index contributed by atoms with van der Waals surface area (Å²) in [5, 5.41) is 3.15. The number of anilines is 1. The Morgan fingerprint density at radius 2 is 1.76 bits per heavy atom. The summed E-state index contributed by atoms with van der Waals surface area (Å²) in [5.74, 6) is 0.945. The highest BCUT2D eigenvalue weighted by atomic mass is 16.6. The van der Waals surface area contributed by atoms with Gasteiger partial charge >= 0.3 is 5.97 Å². The molecule has 33 heavy (non-hydrogen) atoms. The molecule has 1 N–H and O–H groups in total. The lowest BCUT2D eigenvalue weighted by Crippen LogP contribution is -2.51. The van der Waals surface area contributed by atoms with Gasteiger partial charge in [-0.2, -0.15) is 0 Å². The Kier molecular flexibility index (Phi) is 6.56. The Hall–Kier alpha value is -3.51. The SMILES string of the molecule is CNc1ccc2c(c1)C(OCc1ccccc1)C(OC(=O)c1ccc(OC)cc1)C(C)(C)O2. The molecule has 3 aromatic carbocycles. The molecule has 1 aliphatic heterocycles. The van der Waals surface area contributed by atoms with Gasteiger partial charge in [0, 0.05) is 18.3 Å². The van der Waals surface area contributed by atoms with Crippen LogP contribution in [0.1, 0.15) is 41.4 Å². The van der Waals surface area contributed by atoms with E-state index in [0.29, 0.717) is 23.7 Å². The van der Waals surface area contributed by atoms with Gasteiger partial charge in [0.1, 0.15) is 23.2 Å². The summed E-state index contributed by atoms with van der Waals surface area (Å²) >= 11 is 0. The first kappa shape index (κ1) is 22.7. The lowest BCUT2D eigenvalue weighted by molar-refractivity contribution is -0.143. The van der Waals surface area contributed by atoms with Gasteiger partial charge < -0.3 is 24.3 Å². The van der Waals surface area contributed by atoms with Gasteiger partial charge in [0.05, 0.1) is 19.3 Å². The van der Waals surface area contributed by atoms with E-state index in [4.69, 9.17) is 18.9 Å². The molecule has 3 aromatic rings. The second-order valence-electron chi connectivity index (χ2n) is 8.48. The van der Waals surface area contributed by atoms with Gasteiger partial charge in [0.15, 0.2) is 6.10 Å². The maximum absolute atomic E-state index is 13.1. The van der Waals surface area contributed by atoms with Crippen molar-refractivity contribution in [2.75, 3.05) is 19.5 Å². The van der Waals surface area contributed by atoms with Crippen molar-refractivity contribution < 1.29 is 23.7 Å². The molecule has 2 unspecified atom stereocenters. The Morgan fingerprint density at radius 1 is 1.03 bits per heavy atom. The van der Waals surface area contributed by atoms with Gasteiger partial charge in [0.25, 0.3) is 0 Å². The number of nitrogens with one attached hydrogen (secondary N) is 1. The van der Waals surface area contributed by atoms with E-state index in [1.165, 1.54) is 0 Å². The van der Waals surface area contributed by atoms with Crippen LogP contribution in [0, 0.1) is 0 Å². The first-order chi connectivity index (χ1) is 15.9. The lowest BCUT2D eigenvalue weighted by atomic mass is 9.87. The molecular weight excluding hydrogens is 418 g/mol. The highest BCUT2D eigenvalue weighted by molar-refractivity contribution is 5.89. The second-order valence-corrected chi connectivity index (χ2v) is 8.48. The van der Waals surface area contributed by atoms with E-state index in [-0.39, 0.29) is 0 Å². The number of esters is 1. The minimum absolute atomic E-state index is 0.376. The molecule has 0 radical (unpaired) electrons. The molecule has 0 amide bonds. The number of ether oxygens (including phenoxy) is 4. The summed E-state index contributed by atoms with van der Waals surface area (Å²) in [6, 6.07) is 22.6. The first-order valence-electron chi connectivity index (χ1n) is 10.9. The summed E-state index contributed by atoms with van der Waals surface area (Å²) < 4.78 is 23.9. The van der Waals surface area contributed by atoms with Crippen LogP contribution in [0.5, 0.6) is 11.5 Å². The maximum Gasteiger partial charge on any atom is 0.338 e. The minimum Gasteiger partial charge on any atom is -0.497 e. The predicted octanol–water partition coefficient (Wildman–Crippen LogP) is 5.39. The molecule has 0 saturated carbocycles. The van der Waals surface area contributed by atoms with E-state index in [0.717, 1.165) is 16.8 Å². The van der Waals surface area contributed by atoms with E-state index in [1.807, 2.05) is 69.4 Å². The fraction of sp³-hybridized carbons (Fsp3) is 0.296. The second kappa shape index (κ2) is 9.55. The van der Waals surface area contributed by atoms with E-state index >= 15 is 0 Å². The summed E-state index contributed by atoms with van der Waals surface area (Å²) in [4.78, 5) is 13.1. The summed E-state index contributed by atoms with van der Waals surface area (Å²) in [7, 11) is 3.44. The molecule has 0 saturated heterocycles. The van der Waals surface area contributed by atoms with Crippen LogP contribution in [0.15, 0.2) is 72.8 Å². The standard InChI is InChI=1S/C27H29NO5/c1-27(2)25(32-26(29)19-10-13-21(30-4)14-11-19)24(31-17-18-8-6-5-7-9-18)22-16-20(28-3)12-15-23(22)33-27/h5-16,24-25,28H,17H2,1-4H3. The molecule has 0 fully saturated rings. The number of benzene rings is 3. The third kappa shape index (κ3) is 4.96. The van der Waals surface area contributed by atoms with Gasteiger partial charge in [-0.05, 0) is 61.9 Å². The predicted molar refractivity (Wildman–Crippen MR) is 127 cm³/mol. The molecule has 1 aliphatic rings. The fourth-order valence-electron chi connectivity index (χ4n) is 3.94. The molecule has 6 nitrogen and oxygen atoms in total. The normalized spacial score (nSPS) is 18.5. The topological polar surface area (TPSA) is 66.0 Å². The van der Waals surface area contributed by atoms with Crippen LogP contribution >= 0.6 is 0 Å². The zero-order chi connectivity index (χ0) is 23.4. The molecule has 172 valence electrons. The van der Waals surface area contributed by atoms with Crippen molar-refractivity contribution in [3.05, 3.63) is 89.5 Å². The highest BCUT2D eigenvalue weighted by Crippen LogP contribution is 2.45. The zero-order valence-electron chi connectivity index (χ0n) is 19.3. The molecule has 0 spiro atoms. The fourth-order valence-corrected chi connectivity index (χ4v) is 3.94. The average Bonchev–Trinajstić information content (AvgIpc) is 2.84. The number of hydrogen-bond donors (Lipinski definition) is 1. The van der Waals surface area contributed by atoms with E-state index in [1.54, 1.807) is 31.4 Å². The Morgan fingerprint density at radius 3 is 2.42 bits per heavy atom. The van der Waals surface area contributed by atoms with Crippen molar-refractivity contribution in [2.24, 2.45) is 0 Å². The van der Waals surface area contributed by atoms with Gasteiger partial charge in [-0.1, -0.05) is 30.3 Å². The van der Waals surface area contributed by atoms with Crippen molar-refractivity contribution in [1.82, 2.24) is 0 Å². The van der Waals surface area contributed by atoms with Gasteiger partial charge in [-0.15, -0.1) is 0 Å². The lowest BCUT2D eigenvalue weighted by Gasteiger charge is -2.43. The molecule has 4 rings (SSSR count). The number of methoxy groups -OCH3 is 1. The molecular formula is C27H29NO5. The zero-order valence-corrected chi connectivity index (χ0v) is 19.3. The van der Waals surface area contributed by atoms with Crippen molar-refractivity contribution in [3.8, 4) is 11.5 Å². The summed E-state index contributed by atoms with van der Waals surface area (Å²) in [6.45, 7) is 4.20. The first-order valence-corrected chi connectivity index (χ1v) is 10.9. The monoisotopic (exact) mass is 447 g/mol. The molecule has 6 heteroatoms. The van der Waals surface area contributed by atoms with Crippen molar-refractivity contribution >= 4 is 11.7 Å². The number of fused-ring (bicyclic) bond motifs is 1. The van der Waals surface area contributed by atoms with Crippen LogP contribution in [0.25, 0.3) is 0 Å². The van der Waals surface area contributed by atoms with Gasteiger partial charge in [-0.25, -0.2) is 4.79 Å². The maximum atomic E-state index is 13.1. The number of hydrogen-bond acceptors (Lipinski definition) is 6. The number of rotatable bonds is 7. The Balaban J connectivity index is 1.66. The Bertz CT molecular complexity index is 1100. The van der Waals surface area contributed by atoms with Crippen LogP contribution in [0.2, 0.25) is 0 Å². The molecule has 0 bridgehead atoms. The smallest absolute Gasteiger partial charge is 0.338 e. The van der Waals surface area contributed by atoms with Crippen molar-refractivity contribution in [1.29, 1.82) is 0 Å². The van der Waals surface area contributed by atoms with Crippen LogP contribution < -0.4 is 14.8 Å². The van der Waals surface area contributed by atoms with Gasteiger partial charge in [-0.3, -0.25) is 0 Å². The largest absolute Gasteiger partial charge is 0.497 e. The van der Waals surface area contributed by atoms with E-state index in [2.05, 4.69) is 5.32 Å². The highest BCUT2D eigenvalue weighted by Gasteiger charge is 2.47. The molecule has 2 atom stereocenters. The molecule has 0 aliphatic carbocycles. The third-order valence-corrected chi connectivity index (χ3v) is 5.77. The average molecular weight is 448 g/mol. The van der Waals surface area contributed by atoms with Gasteiger partial charge in [0.2, 0.25) is 0 Å². The van der Waals surface area contributed by atoms with E-state index in [9.17, 15) is 4.79 Å². The number of carbonyl (C=O) groups is 1.